The van der Waals surface area contributed by atoms with Crippen molar-refractivity contribution in [1.29, 1.82) is 0 Å². The number of hydrogen-bond donors (Lipinski definition) is 3. The van der Waals surface area contributed by atoms with Crippen molar-refractivity contribution in [3.05, 3.63) is 125 Å². The van der Waals surface area contributed by atoms with Gasteiger partial charge in [0.05, 0.1) is 16.4 Å². The number of aromatic nitrogens is 1. The summed E-state index contributed by atoms with van der Waals surface area (Å²) in [6, 6.07) is 17.7. The first-order chi connectivity index (χ1) is 21.6. The number of hydrogen-bond acceptors (Lipinski definition) is 5. The predicted octanol–water partition coefficient (Wildman–Crippen LogP) is 8.71. The van der Waals surface area contributed by atoms with Crippen LogP contribution in [0.4, 0.5) is 41.2 Å². The third-order valence-corrected chi connectivity index (χ3v) is 6.65. The van der Waals surface area contributed by atoms with Gasteiger partial charge in [-0.25, -0.2) is 4.79 Å². The molecule has 0 fully saturated rings. The number of aliphatic hydroxyl groups excluding tert-OH is 1. The lowest BCUT2D eigenvalue weighted by atomic mass is 9.80. The summed E-state index contributed by atoms with van der Waals surface area (Å²) in [6.45, 7) is 3.26. The minimum atomic E-state index is -5.19. The van der Waals surface area contributed by atoms with Gasteiger partial charge >= 0.3 is 24.9 Å². The molecule has 0 unspecified atom stereocenters. The summed E-state index contributed by atoms with van der Waals surface area (Å²) in [5.74, 6) is -2.14. The van der Waals surface area contributed by atoms with Crippen LogP contribution in [0.3, 0.4) is 0 Å². The summed E-state index contributed by atoms with van der Waals surface area (Å²) in [7, 11) is 0. The van der Waals surface area contributed by atoms with E-state index in [-0.39, 0.29) is 28.3 Å². The molecule has 46 heavy (non-hydrogen) atoms. The number of amides is 2. The van der Waals surface area contributed by atoms with Gasteiger partial charge in [-0.15, -0.1) is 13.2 Å². The number of alkyl halides is 7. The van der Waals surface area contributed by atoms with Crippen LogP contribution in [0.25, 0.3) is 5.76 Å². The molecule has 1 aromatic heterocycles. The van der Waals surface area contributed by atoms with Gasteiger partial charge < -0.3 is 25.2 Å². The molecule has 0 bridgehead atoms. The van der Waals surface area contributed by atoms with Crippen LogP contribution in [-0.4, -0.2) is 35.0 Å². The number of halogens is 8. The number of aliphatic hydroxyl groups is 1. The lowest BCUT2D eigenvalue weighted by Gasteiger charge is -2.36. The first-order valence-corrected chi connectivity index (χ1v) is 13.4. The van der Waals surface area contributed by atoms with E-state index in [4.69, 9.17) is 11.6 Å². The number of nitrogens with one attached hydrogen (secondary N) is 2. The van der Waals surface area contributed by atoms with Crippen LogP contribution in [0.1, 0.15) is 22.4 Å². The molecular formula is C31H23ClF7N3O4. The van der Waals surface area contributed by atoms with Crippen LogP contribution in [-0.2, 0) is 12.0 Å². The van der Waals surface area contributed by atoms with Gasteiger partial charge in [0, 0.05) is 18.2 Å². The molecule has 1 heterocycles. The van der Waals surface area contributed by atoms with Gasteiger partial charge in [-0.2, -0.15) is 17.6 Å². The van der Waals surface area contributed by atoms with E-state index in [9.17, 15) is 40.6 Å². The van der Waals surface area contributed by atoms with E-state index in [1.54, 1.807) is 30.3 Å². The molecule has 4 aromatic rings. The molecule has 0 saturated heterocycles. The van der Waals surface area contributed by atoms with Gasteiger partial charge in [-0.1, -0.05) is 60.6 Å². The molecule has 3 aromatic carbocycles. The van der Waals surface area contributed by atoms with E-state index in [1.165, 1.54) is 36.5 Å². The summed E-state index contributed by atoms with van der Waals surface area (Å²) in [4.78, 5) is 18.0. The molecule has 15 heteroatoms. The zero-order valence-corrected chi connectivity index (χ0v) is 24.1. The Hall–Kier alpha value is -4.98. The fraction of sp³-hybridized carbons (Fsp3) is 0.161. The number of benzene rings is 3. The van der Waals surface area contributed by atoms with Crippen LogP contribution in [0, 0.1) is 0 Å². The molecule has 7 nitrogen and oxygen atoms in total. The molecular weight excluding hydrogens is 647 g/mol. The fourth-order valence-corrected chi connectivity index (χ4v) is 4.55. The summed E-state index contributed by atoms with van der Waals surface area (Å²) < 4.78 is 102. The zero-order valence-electron chi connectivity index (χ0n) is 23.3. The maximum Gasteiger partial charge on any atom is 0.573 e. The van der Waals surface area contributed by atoms with Gasteiger partial charge in [0.25, 0.3) is 0 Å². The minimum Gasteiger partial charge on any atom is -0.508 e. The molecule has 0 aliphatic rings. The lowest BCUT2D eigenvalue weighted by Crippen LogP contribution is -2.50. The Morgan fingerprint density at radius 1 is 0.935 bits per heavy atom. The van der Waals surface area contributed by atoms with Crippen LogP contribution in [0.2, 0.25) is 5.02 Å². The summed E-state index contributed by atoms with van der Waals surface area (Å²) in [6.07, 6.45) is -13.1. The van der Waals surface area contributed by atoms with Crippen molar-refractivity contribution < 1.29 is 50.1 Å². The first-order valence-electron chi connectivity index (χ1n) is 13.1. The number of ether oxygens (including phenoxy) is 2. The van der Waals surface area contributed by atoms with Crippen LogP contribution in [0.5, 0.6) is 11.5 Å². The Morgan fingerprint density at radius 3 is 2.26 bits per heavy atom. The number of carbonyl (C=O) groups excluding carboxylic acids is 1. The van der Waals surface area contributed by atoms with Crippen molar-refractivity contribution in [3.63, 3.8) is 0 Å². The van der Waals surface area contributed by atoms with Crippen molar-refractivity contribution in [2.24, 2.45) is 0 Å². The normalized spacial score (nSPS) is 13.1. The molecule has 0 spiro atoms. The molecule has 0 saturated carbocycles. The summed E-state index contributed by atoms with van der Waals surface area (Å²) in [5, 5.41) is 14.8. The highest BCUT2D eigenvalue weighted by Crippen LogP contribution is 2.38. The lowest BCUT2D eigenvalue weighted by molar-refractivity contribution is -0.274. The predicted molar refractivity (Wildman–Crippen MR) is 155 cm³/mol. The number of pyridine rings is 1. The van der Waals surface area contributed by atoms with Gasteiger partial charge in [0.1, 0.15) is 17.0 Å². The number of urea groups is 1. The second kappa shape index (κ2) is 13.6. The highest BCUT2D eigenvalue weighted by Gasteiger charge is 2.45. The van der Waals surface area contributed by atoms with E-state index in [1.807, 2.05) is 0 Å². The van der Waals surface area contributed by atoms with Crippen molar-refractivity contribution >= 4 is 29.1 Å². The molecule has 2 amide bonds. The average molecular weight is 670 g/mol. The molecule has 4 rings (SSSR count). The van der Waals surface area contributed by atoms with Gasteiger partial charge in [0.2, 0.25) is 0 Å². The number of carbonyl (C=O) groups is 1. The molecule has 0 aliphatic carbocycles. The van der Waals surface area contributed by atoms with E-state index in [2.05, 4.69) is 31.7 Å². The molecule has 1 atom stereocenters. The van der Waals surface area contributed by atoms with Gasteiger partial charge in [-0.3, -0.25) is 4.98 Å². The standard InChI is InChI=1S/C31H23ClF7N3O4/c1-18(43)20-10-12-24(25(14-20)46-31(37,38)39)41-28(44)42-29(16-19-6-3-2-4-7-19,26-13-11-22(32)17-40-26)21-8-5-9-23(15-21)45-30(35,36)27(33)34/h2-15,17,27,43H,1,16H2,(H2,41,42,44)/t29-/m1/s1. The monoisotopic (exact) mass is 669 g/mol. The highest BCUT2D eigenvalue weighted by atomic mass is 35.5. The highest BCUT2D eigenvalue weighted by molar-refractivity contribution is 6.30. The second-order valence-electron chi connectivity index (χ2n) is 9.71. The quantitative estimate of drug-likeness (QED) is 0.110. The molecule has 0 aliphatic heterocycles. The van der Waals surface area contributed by atoms with Crippen LogP contribution >= 0.6 is 11.6 Å². The van der Waals surface area contributed by atoms with E-state index in [0.717, 1.165) is 24.3 Å². The summed E-state index contributed by atoms with van der Waals surface area (Å²) >= 11 is 6.05. The fourth-order valence-electron chi connectivity index (χ4n) is 4.44. The van der Waals surface area contributed by atoms with Gasteiger partial charge in [0.15, 0.2) is 5.75 Å². The van der Waals surface area contributed by atoms with Crippen LogP contribution in [0.15, 0.2) is 97.7 Å². The summed E-state index contributed by atoms with van der Waals surface area (Å²) in [5.41, 5.74) is -1.76. The van der Waals surface area contributed by atoms with Crippen molar-refractivity contribution in [2.75, 3.05) is 5.32 Å². The largest absolute Gasteiger partial charge is 0.573 e. The Balaban J connectivity index is 1.85. The number of rotatable bonds is 11. The maximum absolute atomic E-state index is 13.9. The Kier molecular flexibility index (Phi) is 10.00. The molecule has 0 radical (unpaired) electrons. The van der Waals surface area contributed by atoms with Crippen LogP contribution < -0.4 is 20.1 Å². The molecule has 3 N–H and O–H groups in total. The van der Waals surface area contributed by atoms with Gasteiger partial charge in [-0.05, 0) is 53.6 Å². The van der Waals surface area contributed by atoms with E-state index < -0.39 is 53.4 Å². The van der Waals surface area contributed by atoms with Crippen molar-refractivity contribution in [2.45, 2.75) is 30.9 Å². The second-order valence-corrected chi connectivity index (χ2v) is 10.1. The van der Waals surface area contributed by atoms with Crippen molar-refractivity contribution in [1.82, 2.24) is 10.3 Å². The zero-order chi connectivity index (χ0) is 33.7. The Bertz CT molecular complexity index is 1690. The number of anilines is 1. The van der Waals surface area contributed by atoms with Crippen molar-refractivity contribution in [3.8, 4) is 11.5 Å². The van der Waals surface area contributed by atoms with E-state index in [0.29, 0.717) is 5.56 Å². The first kappa shape index (κ1) is 33.9. The topological polar surface area (TPSA) is 92.7 Å². The average Bonchev–Trinajstić information content (AvgIpc) is 2.97. The number of nitrogens with zero attached hydrogens (tertiary/aromatic N) is 1. The Labute approximate surface area is 262 Å². The molecule has 242 valence electrons. The third-order valence-electron chi connectivity index (χ3n) is 6.43. The SMILES string of the molecule is C=C(O)c1ccc(NC(=O)N[C@](Cc2ccccc2)(c2cccc(OC(F)(F)C(F)F)c2)c2ccc(Cl)cn2)c(OC(F)(F)F)c1. The van der Waals surface area contributed by atoms with E-state index >= 15 is 0 Å². The maximum atomic E-state index is 13.9. The Morgan fingerprint density at radius 2 is 1.65 bits per heavy atom. The third kappa shape index (κ3) is 8.38. The smallest absolute Gasteiger partial charge is 0.508 e. The minimum absolute atomic E-state index is 0.0163.